The first-order chi connectivity index (χ1) is 14.0. The number of aryl methyl sites for hydroxylation is 1. The fourth-order valence-corrected chi connectivity index (χ4v) is 3.17. The van der Waals surface area contributed by atoms with Gasteiger partial charge in [-0.15, -0.1) is 0 Å². The number of nitrogens with zero attached hydrogens (tertiary/aromatic N) is 3. The molecule has 1 fully saturated rings. The van der Waals surface area contributed by atoms with E-state index in [1.54, 1.807) is 0 Å². The second kappa shape index (κ2) is 9.56. The molecule has 3 rings (SSSR count). The highest BCUT2D eigenvalue weighted by atomic mass is 16.5. The first-order valence-corrected chi connectivity index (χ1v) is 9.95. The topological polar surface area (TPSA) is 85.7 Å². The van der Waals surface area contributed by atoms with Crippen molar-refractivity contribution in [2.75, 3.05) is 43.1 Å². The van der Waals surface area contributed by atoms with E-state index in [9.17, 15) is 9.59 Å². The summed E-state index contributed by atoms with van der Waals surface area (Å²) < 4.78 is 12.3. The van der Waals surface area contributed by atoms with Crippen molar-refractivity contribution >= 4 is 17.3 Å². The van der Waals surface area contributed by atoms with E-state index in [0.717, 1.165) is 0 Å². The molecule has 0 bridgehead atoms. The molecular formula is C21H28N4O4. The number of hydrogen-bond donors (Lipinski definition) is 1. The van der Waals surface area contributed by atoms with Gasteiger partial charge in [-0.1, -0.05) is 26.0 Å². The lowest BCUT2D eigenvalue weighted by Gasteiger charge is -2.29. The van der Waals surface area contributed by atoms with Crippen LogP contribution in [0.4, 0.5) is 11.4 Å². The van der Waals surface area contributed by atoms with Gasteiger partial charge in [0.2, 0.25) is 0 Å². The van der Waals surface area contributed by atoms with Crippen LogP contribution in [0, 0.1) is 0 Å². The molecule has 0 unspecified atom stereocenters. The van der Waals surface area contributed by atoms with Crippen LogP contribution in [-0.2, 0) is 16.1 Å². The minimum atomic E-state index is -0.345. The Bertz CT molecular complexity index is 887. The van der Waals surface area contributed by atoms with E-state index in [1.165, 1.54) is 16.4 Å². The number of anilines is 2. The van der Waals surface area contributed by atoms with Crippen LogP contribution >= 0.6 is 0 Å². The highest BCUT2D eigenvalue weighted by Crippen LogP contribution is 2.22. The number of carbonyl (C=O) groups is 1. The molecule has 1 aliphatic heterocycles. The maximum Gasteiger partial charge on any atom is 0.292 e. The molecule has 2 aromatic rings. The van der Waals surface area contributed by atoms with Gasteiger partial charge in [0, 0.05) is 19.6 Å². The second-order valence-electron chi connectivity index (χ2n) is 7.19. The fourth-order valence-electron chi connectivity index (χ4n) is 3.17. The summed E-state index contributed by atoms with van der Waals surface area (Å²) in [5.74, 6) is 0.712. The van der Waals surface area contributed by atoms with E-state index in [1.807, 2.05) is 36.1 Å². The van der Waals surface area contributed by atoms with Crippen LogP contribution in [0.15, 0.2) is 35.3 Å². The molecule has 1 aromatic carbocycles. The number of rotatable bonds is 7. The number of hydrogen-bond acceptors (Lipinski definition) is 6. The van der Waals surface area contributed by atoms with Gasteiger partial charge < -0.3 is 19.7 Å². The Morgan fingerprint density at radius 2 is 1.93 bits per heavy atom. The Hall–Kier alpha value is -2.87. The molecule has 0 spiro atoms. The number of nitrogens with one attached hydrogen (secondary N) is 1. The lowest BCUT2D eigenvalue weighted by molar-refractivity contribution is -0.118. The molecule has 1 saturated heterocycles. The van der Waals surface area contributed by atoms with Crippen LogP contribution in [-0.4, -0.2) is 48.6 Å². The zero-order valence-corrected chi connectivity index (χ0v) is 17.2. The van der Waals surface area contributed by atoms with E-state index in [2.05, 4.69) is 24.3 Å². The van der Waals surface area contributed by atoms with E-state index in [-0.39, 0.29) is 18.1 Å². The zero-order valence-electron chi connectivity index (χ0n) is 17.2. The normalized spacial score (nSPS) is 14.1. The molecule has 1 aromatic heterocycles. The largest absolute Gasteiger partial charge is 0.484 e. The minimum absolute atomic E-state index is 0.152. The number of morpholine rings is 1. The van der Waals surface area contributed by atoms with Crippen LogP contribution in [0.2, 0.25) is 0 Å². The molecule has 0 aliphatic carbocycles. The Morgan fingerprint density at radius 1 is 1.24 bits per heavy atom. The number of benzene rings is 1. The number of carbonyl (C=O) groups excluding carboxylic acids is 1. The van der Waals surface area contributed by atoms with Crippen molar-refractivity contribution in [1.29, 1.82) is 0 Å². The van der Waals surface area contributed by atoms with Gasteiger partial charge in [0.1, 0.15) is 11.4 Å². The molecule has 2 heterocycles. The third-order valence-electron chi connectivity index (χ3n) is 4.84. The smallest absolute Gasteiger partial charge is 0.292 e. The maximum absolute atomic E-state index is 12.8. The molecule has 1 aliphatic rings. The molecule has 0 atom stereocenters. The lowest BCUT2D eigenvalue weighted by atomic mass is 10.0. The van der Waals surface area contributed by atoms with Crippen LogP contribution in [0.1, 0.15) is 32.3 Å². The molecule has 1 N–H and O–H groups in total. The third kappa shape index (κ3) is 5.14. The van der Waals surface area contributed by atoms with E-state index < -0.39 is 0 Å². The van der Waals surface area contributed by atoms with Crippen molar-refractivity contribution in [2.45, 2.75) is 33.2 Å². The molecule has 0 saturated carbocycles. The fraction of sp³-hybridized carbons (Fsp3) is 0.476. The highest BCUT2D eigenvalue weighted by molar-refractivity contribution is 5.95. The first-order valence-electron chi connectivity index (χ1n) is 9.95. The lowest BCUT2D eigenvalue weighted by Crippen LogP contribution is -2.41. The van der Waals surface area contributed by atoms with Crippen molar-refractivity contribution < 1.29 is 14.3 Å². The van der Waals surface area contributed by atoms with Crippen molar-refractivity contribution in [1.82, 2.24) is 9.78 Å². The highest BCUT2D eigenvalue weighted by Gasteiger charge is 2.21. The molecule has 8 heteroatoms. The predicted octanol–water partition coefficient (Wildman–Crippen LogP) is 2.24. The predicted molar refractivity (Wildman–Crippen MR) is 112 cm³/mol. The summed E-state index contributed by atoms with van der Waals surface area (Å²) in [5, 5.41) is 6.92. The van der Waals surface area contributed by atoms with Gasteiger partial charge in [0.15, 0.2) is 6.61 Å². The summed E-state index contributed by atoms with van der Waals surface area (Å²) in [4.78, 5) is 27.2. The molecule has 8 nitrogen and oxygen atoms in total. The minimum Gasteiger partial charge on any atom is -0.484 e. The van der Waals surface area contributed by atoms with E-state index in [4.69, 9.17) is 9.47 Å². The number of ether oxygens (including phenoxy) is 2. The van der Waals surface area contributed by atoms with Crippen molar-refractivity contribution in [3.05, 3.63) is 46.4 Å². The second-order valence-corrected chi connectivity index (χ2v) is 7.19. The molecule has 29 heavy (non-hydrogen) atoms. The summed E-state index contributed by atoms with van der Waals surface area (Å²) in [5.41, 5.74) is 1.82. The van der Waals surface area contributed by atoms with Gasteiger partial charge in [0.05, 0.1) is 25.1 Å². The Kier molecular flexibility index (Phi) is 6.87. The van der Waals surface area contributed by atoms with Gasteiger partial charge in [-0.25, -0.2) is 4.68 Å². The van der Waals surface area contributed by atoms with E-state index >= 15 is 0 Å². The Balaban J connectivity index is 1.70. The van der Waals surface area contributed by atoms with Crippen LogP contribution < -0.4 is 20.5 Å². The maximum atomic E-state index is 12.8. The van der Waals surface area contributed by atoms with E-state index in [0.29, 0.717) is 55.9 Å². The van der Waals surface area contributed by atoms with Gasteiger partial charge in [-0.2, -0.15) is 5.10 Å². The zero-order chi connectivity index (χ0) is 20.8. The number of aromatic nitrogens is 2. The third-order valence-corrected chi connectivity index (χ3v) is 4.84. The first kappa shape index (κ1) is 20.9. The summed E-state index contributed by atoms with van der Waals surface area (Å²) >= 11 is 0. The summed E-state index contributed by atoms with van der Waals surface area (Å²) in [7, 11) is 0. The standard InChI is InChI=1S/C21H28N4O4/c1-4-25-21(27)20(24-9-11-28-12-10-24)18(13-22-25)23-19(26)14-29-17-7-5-16(6-8-17)15(2)3/h5-8,13,15H,4,9-12,14H2,1-3H3,(H,23,26). The number of amides is 1. The monoisotopic (exact) mass is 400 g/mol. The average molecular weight is 400 g/mol. The van der Waals surface area contributed by atoms with Crippen molar-refractivity contribution in [2.24, 2.45) is 0 Å². The SMILES string of the molecule is CCn1ncc(NC(=O)COc2ccc(C(C)C)cc2)c(N2CCOCC2)c1=O. The Labute approximate surface area is 170 Å². The molecule has 156 valence electrons. The average Bonchev–Trinajstić information content (AvgIpc) is 2.73. The van der Waals surface area contributed by atoms with Gasteiger partial charge >= 0.3 is 0 Å². The van der Waals surface area contributed by atoms with Crippen LogP contribution in [0.5, 0.6) is 5.75 Å². The van der Waals surface area contributed by atoms with Crippen molar-refractivity contribution in [3.63, 3.8) is 0 Å². The van der Waals surface area contributed by atoms with Gasteiger partial charge in [-0.05, 0) is 30.5 Å². The van der Waals surface area contributed by atoms with Crippen molar-refractivity contribution in [3.8, 4) is 5.75 Å². The molecule has 0 radical (unpaired) electrons. The summed E-state index contributed by atoms with van der Waals surface area (Å²) in [6.07, 6.45) is 1.52. The molecule has 1 amide bonds. The Morgan fingerprint density at radius 3 is 2.55 bits per heavy atom. The quantitative estimate of drug-likeness (QED) is 0.767. The van der Waals surface area contributed by atoms with Crippen LogP contribution in [0.25, 0.3) is 0 Å². The molecular weight excluding hydrogens is 372 g/mol. The summed E-state index contributed by atoms with van der Waals surface area (Å²) in [6, 6.07) is 7.68. The van der Waals surface area contributed by atoms with Gasteiger partial charge in [0.25, 0.3) is 11.5 Å². The van der Waals surface area contributed by atoms with Gasteiger partial charge in [-0.3, -0.25) is 9.59 Å². The van der Waals surface area contributed by atoms with Crippen LogP contribution in [0.3, 0.4) is 0 Å². The summed E-state index contributed by atoms with van der Waals surface area (Å²) in [6.45, 7) is 8.66.